The second kappa shape index (κ2) is 6.34. The fourth-order valence-electron chi connectivity index (χ4n) is 1.81. The Hall–Kier alpha value is -2.44. The van der Waals surface area contributed by atoms with Crippen LogP contribution in [0.5, 0.6) is 0 Å². The molecular weight excluding hydrogens is 282 g/mol. The Morgan fingerprint density at radius 2 is 1.95 bits per heavy atom. The van der Waals surface area contributed by atoms with Crippen molar-refractivity contribution in [3.8, 4) is 0 Å². The van der Waals surface area contributed by atoms with Crippen LogP contribution in [0.4, 0.5) is 8.78 Å². The predicted octanol–water partition coefficient (Wildman–Crippen LogP) is 2.48. The first-order valence-corrected chi connectivity index (χ1v) is 6.07. The molecular formula is C14H16F2N2O3. The number of hydrogen-bond acceptors (Lipinski definition) is 2. The summed E-state index contributed by atoms with van der Waals surface area (Å²) in [5, 5.41) is 8.99. The zero-order chi connectivity index (χ0) is 16.3. The number of halogens is 2. The van der Waals surface area contributed by atoms with Crippen molar-refractivity contribution in [1.82, 2.24) is 9.36 Å². The first kappa shape index (κ1) is 16.6. The van der Waals surface area contributed by atoms with Gasteiger partial charge in [-0.3, -0.25) is 9.48 Å². The Labute approximate surface area is 120 Å². The molecule has 0 radical (unpaired) electrons. The van der Waals surface area contributed by atoms with Crippen molar-refractivity contribution < 1.29 is 18.7 Å². The van der Waals surface area contributed by atoms with Gasteiger partial charge in [0.05, 0.1) is 12.2 Å². The van der Waals surface area contributed by atoms with Crippen LogP contribution in [0.25, 0.3) is 0 Å². The Balaban J connectivity index is 3.16. The van der Waals surface area contributed by atoms with Crippen LogP contribution in [0, 0.1) is 6.92 Å². The van der Waals surface area contributed by atoms with Crippen LogP contribution >= 0.6 is 0 Å². The smallest absolute Gasteiger partial charge is 0.343 e. The van der Waals surface area contributed by atoms with Crippen LogP contribution in [-0.4, -0.2) is 20.4 Å². The summed E-state index contributed by atoms with van der Waals surface area (Å²) < 4.78 is 28.8. The fraction of sp³-hybridized carbons (Fsp3) is 0.286. The van der Waals surface area contributed by atoms with Gasteiger partial charge in [-0.25, -0.2) is 18.3 Å². The van der Waals surface area contributed by atoms with Crippen molar-refractivity contribution in [2.75, 3.05) is 0 Å². The third-order valence-corrected chi connectivity index (χ3v) is 3.04. The van der Waals surface area contributed by atoms with Gasteiger partial charge < -0.3 is 5.11 Å². The summed E-state index contributed by atoms with van der Waals surface area (Å²) in [4.78, 5) is 23.0. The lowest BCUT2D eigenvalue weighted by Gasteiger charge is -2.08. The Morgan fingerprint density at radius 3 is 2.38 bits per heavy atom. The monoisotopic (exact) mass is 298 g/mol. The van der Waals surface area contributed by atoms with E-state index in [4.69, 9.17) is 5.11 Å². The fourth-order valence-corrected chi connectivity index (χ4v) is 1.81. The summed E-state index contributed by atoms with van der Waals surface area (Å²) in [6.07, 6.45) is 1.82. The maximum Gasteiger partial charge on any atom is 0.343 e. The van der Waals surface area contributed by atoms with Gasteiger partial charge in [-0.1, -0.05) is 6.58 Å². The lowest BCUT2D eigenvalue weighted by atomic mass is 10.2. The van der Waals surface area contributed by atoms with E-state index in [2.05, 4.69) is 6.58 Å². The molecule has 5 nitrogen and oxygen atoms in total. The molecule has 0 aliphatic heterocycles. The molecule has 0 aliphatic carbocycles. The average molecular weight is 298 g/mol. The molecule has 0 aliphatic rings. The van der Waals surface area contributed by atoms with Crippen molar-refractivity contribution in [2.45, 2.75) is 20.4 Å². The number of nitrogens with zero attached hydrogens (tertiary/aromatic N) is 2. The van der Waals surface area contributed by atoms with Gasteiger partial charge in [-0.15, -0.1) is 0 Å². The summed E-state index contributed by atoms with van der Waals surface area (Å²) in [7, 11) is 1.50. The SMILES string of the molecule is C=C(/C=C(F)\C(F)=C/C)Cn1c(=O)c(C(=O)O)c(C)n1C. The van der Waals surface area contributed by atoms with Crippen molar-refractivity contribution in [1.29, 1.82) is 0 Å². The first-order chi connectivity index (χ1) is 9.70. The van der Waals surface area contributed by atoms with E-state index in [0.29, 0.717) is 0 Å². The minimum absolute atomic E-state index is 0.129. The number of carboxylic acid groups (broad SMARTS) is 1. The zero-order valence-corrected chi connectivity index (χ0v) is 12.0. The molecule has 0 atom stereocenters. The van der Waals surface area contributed by atoms with E-state index in [1.165, 1.54) is 25.6 Å². The topological polar surface area (TPSA) is 64.2 Å². The first-order valence-electron chi connectivity index (χ1n) is 6.07. The second-order valence-corrected chi connectivity index (χ2v) is 4.44. The van der Waals surface area contributed by atoms with Crippen LogP contribution in [0.1, 0.15) is 23.0 Å². The van der Waals surface area contributed by atoms with Crippen molar-refractivity contribution in [3.05, 3.63) is 57.6 Å². The Kier molecular flexibility index (Phi) is 5.02. The molecule has 0 fully saturated rings. The molecule has 1 aromatic heterocycles. The molecule has 1 aromatic rings. The maximum atomic E-state index is 13.3. The quantitative estimate of drug-likeness (QED) is 0.849. The summed E-state index contributed by atoms with van der Waals surface area (Å²) in [5.41, 5.74) is -0.674. The van der Waals surface area contributed by atoms with Gasteiger partial charge >= 0.3 is 5.97 Å². The van der Waals surface area contributed by atoms with E-state index in [1.807, 2.05) is 0 Å². The summed E-state index contributed by atoms with van der Waals surface area (Å²) in [5.74, 6) is -3.46. The van der Waals surface area contributed by atoms with Gasteiger partial charge in [0, 0.05) is 7.05 Å². The van der Waals surface area contributed by atoms with Crippen LogP contribution in [0.15, 0.2) is 40.8 Å². The summed E-state index contributed by atoms with van der Waals surface area (Å²) >= 11 is 0. The van der Waals surface area contributed by atoms with Crippen LogP contribution in [-0.2, 0) is 13.6 Å². The van der Waals surface area contributed by atoms with E-state index in [0.717, 1.165) is 16.8 Å². The molecule has 0 amide bonds. The van der Waals surface area contributed by atoms with Crippen LogP contribution < -0.4 is 5.56 Å². The molecule has 0 saturated carbocycles. The highest BCUT2D eigenvalue weighted by molar-refractivity contribution is 5.88. The maximum absolute atomic E-state index is 13.3. The number of aromatic carboxylic acids is 1. The lowest BCUT2D eigenvalue weighted by molar-refractivity contribution is 0.0694. The Bertz CT molecular complexity index is 709. The van der Waals surface area contributed by atoms with E-state index >= 15 is 0 Å². The van der Waals surface area contributed by atoms with Gasteiger partial charge in [0.15, 0.2) is 11.7 Å². The van der Waals surface area contributed by atoms with Crippen molar-refractivity contribution in [3.63, 3.8) is 0 Å². The number of aromatic nitrogens is 2. The summed E-state index contributed by atoms with van der Waals surface area (Å²) in [6.45, 7) is 6.23. The minimum Gasteiger partial charge on any atom is -0.477 e. The molecule has 21 heavy (non-hydrogen) atoms. The highest BCUT2D eigenvalue weighted by Gasteiger charge is 2.20. The number of allylic oxidation sites excluding steroid dienone is 5. The van der Waals surface area contributed by atoms with Gasteiger partial charge in [-0.05, 0) is 31.6 Å². The molecule has 1 heterocycles. The number of carboxylic acids is 1. The predicted molar refractivity (Wildman–Crippen MR) is 74.6 cm³/mol. The van der Waals surface area contributed by atoms with Crippen LogP contribution in [0.2, 0.25) is 0 Å². The Morgan fingerprint density at radius 1 is 1.38 bits per heavy atom. The zero-order valence-electron chi connectivity index (χ0n) is 12.0. The molecule has 1 N–H and O–H groups in total. The van der Waals surface area contributed by atoms with Gasteiger partial charge in [0.2, 0.25) is 0 Å². The number of hydrogen-bond donors (Lipinski definition) is 1. The van der Waals surface area contributed by atoms with Gasteiger partial charge in [0.1, 0.15) is 5.56 Å². The largest absolute Gasteiger partial charge is 0.477 e. The minimum atomic E-state index is -1.33. The molecule has 1 rings (SSSR count). The van der Waals surface area contributed by atoms with E-state index in [1.54, 1.807) is 0 Å². The highest BCUT2D eigenvalue weighted by atomic mass is 19.2. The third-order valence-electron chi connectivity index (χ3n) is 3.04. The number of carbonyl (C=O) groups is 1. The number of rotatable bonds is 5. The van der Waals surface area contributed by atoms with Gasteiger partial charge in [0.25, 0.3) is 5.56 Å². The highest BCUT2D eigenvalue weighted by Crippen LogP contribution is 2.15. The molecule has 0 unspecified atom stereocenters. The molecule has 0 aromatic carbocycles. The molecule has 0 bridgehead atoms. The standard InChI is InChI=1S/C14H16F2N2O3/c1-5-10(15)11(16)6-8(2)7-18-13(19)12(14(20)21)9(3)17(18)4/h5-6H,2,7H2,1,3-4H3,(H,20,21)/b10-5+,11-6+. The average Bonchev–Trinajstić information content (AvgIpc) is 2.61. The van der Waals surface area contributed by atoms with Crippen LogP contribution in [0.3, 0.4) is 0 Å². The van der Waals surface area contributed by atoms with E-state index in [9.17, 15) is 18.4 Å². The second-order valence-electron chi connectivity index (χ2n) is 4.44. The molecule has 0 spiro atoms. The normalized spacial score (nSPS) is 12.6. The van der Waals surface area contributed by atoms with Gasteiger partial charge in [-0.2, -0.15) is 0 Å². The lowest BCUT2D eigenvalue weighted by Crippen LogP contribution is -2.24. The molecule has 114 valence electrons. The van der Waals surface area contributed by atoms with E-state index < -0.39 is 23.2 Å². The molecule has 0 saturated heterocycles. The van der Waals surface area contributed by atoms with E-state index in [-0.39, 0.29) is 23.4 Å². The van der Waals surface area contributed by atoms with Crippen molar-refractivity contribution in [2.24, 2.45) is 7.05 Å². The summed E-state index contributed by atoms with van der Waals surface area (Å²) in [6, 6.07) is 0. The third kappa shape index (κ3) is 3.36. The molecule has 7 heteroatoms. The van der Waals surface area contributed by atoms with Crippen molar-refractivity contribution >= 4 is 5.97 Å².